The van der Waals surface area contributed by atoms with Crippen molar-refractivity contribution in [2.24, 2.45) is 0 Å². The lowest BCUT2D eigenvalue weighted by Crippen LogP contribution is -2.32. The summed E-state index contributed by atoms with van der Waals surface area (Å²) in [5, 5.41) is 15.7. The first-order chi connectivity index (χ1) is 11.4. The Bertz CT molecular complexity index is 757. The van der Waals surface area contributed by atoms with E-state index in [0.29, 0.717) is 5.69 Å². The van der Waals surface area contributed by atoms with Crippen molar-refractivity contribution in [3.8, 4) is 5.75 Å². The molecule has 0 atom stereocenters. The second-order valence-corrected chi connectivity index (χ2v) is 5.38. The molecule has 126 valence electrons. The van der Waals surface area contributed by atoms with Crippen LogP contribution in [0.1, 0.15) is 16.7 Å². The van der Waals surface area contributed by atoms with Crippen LogP contribution in [0, 0.1) is 30.9 Å². The van der Waals surface area contributed by atoms with E-state index in [1.54, 1.807) is 0 Å². The molecule has 0 aliphatic heterocycles. The lowest BCUT2D eigenvalue weighted by Gasteiger charge is -2.14. The number of amides is 2. The zero-order valence-electron chi connectivity index (χ0n) is 13.8. The van der Waals surface area contributed by atoms with E-state index < -0.39 is 11.0 Å². The van der Waals surface area contributed by atoms with Crippen LogP contribution in [0.4, 0.5) is 16.2 Å². The Morgan fingerprint density at radius 3 is 2.33 bits per heavy atom. The SMILES string of the molecule is Cc1ccc(C)c(OCNC(=O)Nc2ccc([N+](=O)[O-])cc2)c1C. The van der Waals surface area contributed by atoms with Gasteiger partial charge < -0.3 is 15.4 Å². The second-order valence-electron chi connectivity index (χ2n) is 5.38. The summed E-state index contributed by atoms with van der Waals surface area (Å²) in [6.45, 7) is 5.92. The number of urea groups is 1. The number of hydrogen-bond donors (Lipinski definition) is 2. The van der Waals surface area contributed by atoms with Gasteiger partial charge in [-0.25, -0.2) is 4.79 Å². The second kappa shape index (κ2) is 7.45. The van der Waals surface area contributed by atoms with Gasteiger partial charge in [-0.05, 0) is 49.6 Å². The number of ether oxygens (including phenoxy) is 1. The Labute approximate surface area is 139 Å². The molecule has 0 saturated carbocycles. The van der Waals surface area contributed by atoms with Gasteiger partial charge in [0.1, 0.15) is 5.75 Å². The Balaban J connectivity index is 1.88. The number of hydrogen-bond acceptors (Lipinski definition) is 4. The van der Waals surface area contributed by atoms with Crippen LogP contribution >= 0.6 is 0 Å². The number of nitro groups is 1. The zero-order valence-corrected chi connectivity index (χ0v) is 13.8. The zero-order chi connectivity index (χ0) is 17.7. The van der Waals surface area contributed by atoms with Crippen LogP contribution in [0.15, 0.2) is 36.4 Å². The molecule has 0 aromatic heterocycles. The number of non-ortho nitro benzene ring substituents is 1. The van der Waals surface area contributed by atoms with E-state index in [4.69, 9.17) is 4.74 Å². The standard InChI is InChI=1S/C17H19N3O4/c1-11-4-5-12(2)16(13(11)3)24-10-18-17(21)19-14-6-8-15(9-7-14)20(22)23/h4-9H,10H2,1-3H3,(H2,18,19,21). The van der Waals surface area contributed by atoms with Gasteiger partial charge in [-0.1, -0.05) is 12.1 Å². The third-order valence-corrected chi connectivity index (χ3v) is 3.66. The van der Waals surface area contributed by atoms with Crippen molar-refractivity contribution in [1.29, 1.82) is 0 Å². The van der Waals surface area contributed by atoms with Crippen LogP contribution < -0.4 is 15.4 Å². The van der Waals surface area contributed by atoms with Gasteiger partial charge in [-0.2, -0.15) is 0 Å². The topological polar surface area (TPSA) is 93.5 Å². The minimum absolute atomic E-state index is 0.0178. The van der Waals surface area contributed by atoms with Crippen molar-refractivity contribution in [3.05, 3.63) is 63.2 Å². The van der Waals surface area contributed by atoms with E-state index in [1.165, 1.54) is 24.3 Å². The third-order valence-electron chi connectivity index (χ3n) is 3.66. The van der Waals surface area contributed by atoms with Gasteiger partial charge in [0.05, 0.1) is 4.92 Å². The molecule has 2 aromatic rings. The Hall–Kier alpha value is -3.09. The molecule has 0 heterocycles. The molecule has 2 N–H and O–H groups in total. The van der Waals surface area contributed by atoms with Crippen molar-refractivity contribution >= 4 is 17.4 Å². The molecule has 7 heteroatoms. The molecule has 0 fully saturated rings. The highest BCUT2D eigenvalue weighted by Gasteiger charge is 2.08. The lowest BCUT2D eigenvalue weighted by molar-refractivity contribution is -0.384. The van der Waals surface area contributed by atoms with E-state index in [9.17, 15) is 14.9 Å². The first kappa shape index (κ1) is 17.3. The molecule has 2 rings (SSSR count). The van der Waals surface area contributed by atoms with E-state index in [2.05, 4.69) is 10.6 Å². The van der Waals surface area contributed by atoms with Gasteiger partial charge in [0, 0.05) is 17.8 Å². The number of aryl methyl sites for hydroxylation is 2. The highest BCUT2D eigenvalue weighted by atomic mass is 16.6. The van der Waals surface area contributed by atoms with Crippen molar-refractivity contribution in [2.75, 3.05) is 12.0 Å². The molecular formula is C17H19N3O4. The van der Waals surface area contributed by atoms with Crippen LogP contribution in [0.5, 0.6) is 5.75 Å². The quantitative estimate of drug-likeness (QED) is 0.497. The molecule has 0 aliphatic carbocycles. The molecule has 0 spiro atoms. The highest BCUT2D eigenvalue weighted by Crippen LogP contribution is 2.25. The number of anilines is 1. The molecule has 7 nitrogen and oxygen atoms in total. The van der Waals surface area contributed by atoms with E-state index >= 15 is 0 Å². The van der Waals surface area contributed by atoms with Gasteiger partial charge in [-0.3, -0.25) is 10.1 Å². The number of benzene rings is 2. The average molecular weight is 329 g/mol. The Morgan fingerprint density at radius 1 is 1.08 bits per heavy atom. The first-order valence-corrected chi connectivity index (χ1v) is 7.37. The monoisotopic (exact) mass is 329 g/mol. The molecule has 2 amide bonds. The van der Waals surface area contributed by atoms with E-state index in [0.717, 1.165) is 22.4 Å². The summed E-state index contributed by atoms with van der Waals surface area (Å²) < 4.78 is 5.65. The number of rotatable bonds is 5. The Morgan fingerprint density at radius 2 is 1.71 bits per heavy atom. The van der Waals surface area contributed by atoms with Crippen molar-refractivity contribution in [3.63, 3.8) is 0 Å². The number of nitro benzene ring substituents is 1. The lowest BCUT2D eigenvalue weighted by atomic mass is 10.1. The van der Waals surface area contributed by atoms with Gasteiger partial charge in [0.2, 0.25) is 0 Å². The summed E-state index contributed by atoms with van der Waals surface area (Å²) in [5.41, 5.74) is 3.57. The highest BCUT2D eigenvalue weighted by molar-refractivity contribution is 5.89. The van der Waals surface area contributed by atoms with Gasteiger partial charge >= 0.3 is 6.03 Å². The van der Waals surface area contributed by atoms with E-state index in [1.807, 2.05) is 32.9 Å². The van der Waals surface area contributed by atoms with Crippen LogP contribution in [0.3, 0.4) is 0 Å². The van der Waals surface area contributed by atoms with Gasteiger partial charge in [-0.15, -0.1) is 0 Å². The fourth-order valence-electron chi connectivity index (χ4n) is 2.16. The predicted octanol–water partition coefficient (Wildman–Crippen LogP) is 3.68. The maximum atomic E-state index is 11.8. The maximum Gasteiger partial charge on any atom is 0.321 e. The third kappa shape index (κ3) is 4.22. The molecule has 0 saturated heterocycles. The Kier molecular flexibility index (Phi) is 5.36. The largest absolute Gasteiger partial charge is 0.473 e. The molecule has 0 bridgehead atoms. The maximum absolute atomic E-state index is 11.8. The van der Waals surface area contributed by atoms with Crippen LogP contribution in [0.25, 0.3) is 0 Å². The number of carbonyl (C=O) groups is 1. The van der Waals surface area contributed by atoms with Crippen LogP contribution in [-0.4, -0.2) is 17.7 Å². The predicted molar refractivity (Wildman–Crippen MR) is 91.4 cm³/mol. The fourth-order valence-corrected chi connectivity index (χ4v) is 2.16. The average Bonchev–Trinajstić information content (AvgIpc) is 2.55. The first-order valence-electron chi connectivity index (χ1n) is 7.37. The molecule has 2 aromatic carbocycles. The fraction of sp³-hybridized carbons (Fsp3) is 0.235. The minimum Gasteiger partial charge on any atom is -0.473 e. The molecule has 0 aliphatic rings. The van der Waals surface area contributed by atoms with E-state index in [-0.39, 0.29) is 12.4 Å². The summed E-state index contributed by atoms with van der Waals surface area (Å²) >= 11 is 0. The molecular weight excluding hydrogens is 310 g/mol. The summed E-state index contributed by atoms with van der Waals surface area (Å²) in [6.07, 6.45) is 0. The molecule has 24 heavy (non-hydrogen) atoms. The van der Waals surface area contributed by atoms with Crippen molar-refractivity contribution in [2.45, 2.75) is 20.8 Å². The summed E-state index contributed by atoms with van der Waals surface area (Å²) in [6, 6.07) is 9.12. The van der Waals surface area contributed by atoms with Crippen LogP contribution in [0.2, 0.25) is 0 Å². The van der Waals surface area contributed by atoms with Gasteiger partial charge in [0.25, 0.3) is 5.69 Å². The molecule has 0 unspecified atom stereocenters. The number of nitrogens with one attached hydrogen (secondary N) is 2. The van der Waals surface area contributed by atoms with Crippen molar-refractivity contribution < 1.29 is 14.5 Å². The summed E-state index contributed by atoms with van der Waals surface area (Å²) in [5.74, 6) is 0.755. The minimum atomic E-state index is -0.496. The summed E-state index contributed by atoms with van der Waals surface area (Å²) in [7, 11) is 0. The summed E-state index contributed by atoms with van der Waals surface area (Å²) in [4.78, 5) is 21.9. The van der Waals surface area contributed by atoms with Crippen molar-refractivity contribution in [1.82, 2.24) is 5.32 Å². The normalized spacial score (nSPS) is 10.1. The smallest absolute Gasteiger partial charge is 0.321 e. The number of nitrogens with zero attached hydrogens (tertiary/aromatic N) is 1. The molecule has 0 radical (unpaired) electrons. The van der Waals surface area contributed by atoms with Crippen LogP contribution in [-0.2, 0) is 0 Å². The number of carbonyl (C=O) groups excluding carboxylic acids is 1. The van der Waals surface area contributed by atoms with Gasteiger partial charge in [0.15, 0.2) is 6.73 Å².